The lowest BCUT2D eigenvalue weighted by molar-refractivity contribution is 0.103. The number of halogens is 1. The summed E-state index contributed by atoms with van der Waals surface area (Å²) < 4.78 is 21.1. The molecule has 3 nitrogen and oxygen atoms in total. The van der Waals surface area contributed by atoms with Crippen LogP contribution in [0.1, 0.15) is 30.3 Å². The van der Waals surface area contributed by atoms with Crippen LogP contribution in [0.25, 0.3) is 11.0 Å². The van der Waals surface area contributed by atoms with Crippen molar-refractivity contribution in [2.75, 3.05) is 6.61 Å². The van der Waals surface area contributed by atoms with Crippen LogP contribution in [-0.2, 0) is 11.3 Å². The third kappa shape index (κ3) is 2.40. The van der Waals surface area contributed by atoms with Gasteiger partial charge in [-0.1, -0.05) is 24.3 Å². The molecule has 3 aromatic rings. The van der Waals surface area contributed by atoms with Gasteiger partial charge in [-0.25, -0.2) is 9.37 Å². The summed E-state index contributed by atoms with van der Waals surface area (Å²) in [6.07, 6.45) is 2.14. The number of hydrogen-bond acceptors (Lipinski definition) is 2. The fourth-order valence-electron chi connectivity index (χ4n) is 3.06. The third-order valence-corrected chi connectivity index (χ3v) is 4.16. The highest BCUT2D eigenvalue weighted by atomic mass is 19.1. The molecule has 0 amide bonds. The predicted molar refractivity (Wildman–Crippen MR) is 83.2 cm³/mol. The number of ether oxygens (including phenoxy) is 1. The summed E-state index contributed by atoms with van der Waals surface area (Å²) in [4.78, 5) is 4.77. The van der Waals surface area contributed by atoms with E-state index in [1.54, 1.807) is 0 Å². The van der Waals surface area contributed by atoms with Crippen LogP contribution >= 0.6 is 0 Å². The number of hydrogen-bond donors (Lipinski definition) is 0. The standard InChI is InChI=1S/C18H17FN2O/c19-14-9-7-13(8-10-14)12-21-16-5-2-1-4-15(16)20-18(21)17-6-3-11-22-17/h1-2,4-5,7-10,17H,3,6,11-12H2. The lowest BCUT2D eigenvalue weighted by Crippen LogP contribution is -2.09. The zero-order valence-electron chi connectivity index (χ0n) is 12.2. The molecule has 112 valence electrons. The van der Waals surface area contributed by atoms with E-state index in [0.29, 0.717) is 6.54 Å². The Kier molecular flexibility index (Phi) is 3.39. The van der Waals surface area contributed by atoms with E-state index in [2.05, 4.69) is 10.6 Å². The van der Waals surface area contributed by atoms with Crippen molar-refractivity contribution in [3.8, 4) is 0 Å². The number of rotatable bonds is 3. The number of para-hydroxylation sites is 2. The van der Waals surface area contributed by atoms with Gasteiger partial charge in [0.15, 0.2) is 0 Å². The minimum absolute atomic E-state index is 0.0628. The smallest absolute Gasteiger partial charge is 0.139 e. The second-order valence-corrected chi connectivity index (χ2v) is 5.67. The maximum Gasteiger partial charge on any atom is 0.139 e. The van der Waals surface area contributed by atoms with E-state index >= 15 is 0 Å². The van der Waals surface area contributed by atoms with E-state index in [9.17, 15) is 4.39 Å². The van der Waals surface area contributed by atoms with E-state index in [1.807, 2.05) is 30.3 Å². The van der Waals surface area contributed by atoms with Crippen LogP contribution in [0.5, 0.6) is 0 Å². The van der Waals surface area contributed by atoms with Gasteiger partial charge < -0.3 is 9.30 Å². The molecule has 22 heavy (non-hydrogen) atoms. The third-order valence-electron chi connectivity index (χ3n) is 4.16. The molecule has 2 aromatic carbocycles. The van der Waals surface area contributed by atoms with Gasteiger partial charge in [-0.3, -0.25) is 0 Å². The Hall–Kier alpha value is -2.20. The molecule has 0 saturated carbocycles. The van der Waals surface area contributed by atoms with Crippen LogP contribution in [0, 0.1) is 5.82 Å². The normalized spacial score (nSPS) is 18.1. The second-order valence-electron chi connectivity index (χ2n) is 5.67. The van der Waals surface area contributed by atoms with Gasteiger partial charge in [-0.2, -0.15) is 0 Å². The van der Waals surface area contributed by atoms with Gasteiger partial charge in [0.25, 0.3) is 0 Å². The minimum atomic E-state index is -0.210. The Morgan fingerprint density at radius 3 is 2.73 bits per heavy atom. The lowest BCUT2D eigenvalue weighted by Gasteiger charge is -2.13. The molecule has 0 bridgehead atoms. The molecule has 0 spiro atoms. The quantitative estimate of drug-likeness (QED) is 0.728. The van der Waals surface area contributed by atoms with E-state index in [4.69, 9.17) is 9.72 Å². The molecule has 1 fully saturated rings. The maximum absolute atomic E-state index is 13.1. The van der Waals surface area contributed by atoms with Crippen molar-refractivity contribution in [3.05, 3.63) is 65.7 Å². The summed E-state index contributed by atoms with van der Waals surface area (Å²) in [7, 11) is 0. The lowest BCUT2D eigenvalue weighted by atomic mass is 10.2. The van der Waals surface area contributed by atoms with Gasteiger partial charge in [0.2, 0.25) is 0 Å². The Labute approximate surface area is 128 Å². The van der Waals surface area contributed by atoms with Crippen LogP contribution in [0.3, 0.4) is 0 Å². The van der Waals surface area contributed by atoms with Crippen LogP contribution in [0.15, 0.2) is 48.5 Å². The van der Waals surface area contributed by atoms with Gasteiger partial charge in [0.05, 0.1) is 11.0 Å². The van der Waals surface area contributed by atoms with E-state index in [1.165, 1.54) is 12.1 Å². The van der Waals surface area contributed by atoms with Crippen molar-refractivity contribution in [1.29, 1.82) is 0 Å². The summed E-state index contributed by atoms with van der Waals surface area (Å²) in [5.74, 6) is 0.765. The zero-order valence-corrected chi connectivity index (χ0v) is 12.2. The number of aromatic nitrogens is 2. The summed E-state index contributed by atoms with van der Waals surface area (Å²) in [5, 5.41) is 0. The topological polar surface area (TPSA) is 27.1 Å². The molecule has 1 aliphatic rings. The Bertz CT molecular complexity index is 788. The SMILES string of the molecule is Fc1ccc(Cn2c(C3CCCO3)nc3ccccc32)cc1. The molecule has 1 aromatic heterocycles. The Balaban J connectivity index is 1.79. The molecular formula is C18H17FN2O. The highest BCUT2D eigenvalue weighted by molar-refractivity contribution is 5.76. The molecular weight excluding hydrogens is 279 g/mol. The summed E-state index contributed by atoms with van der Waals surface area (Å²) in [6, 6.07) is 14.8. The van der Waals surface area contributed by atoms with Crippen LogP contribution in [0.4, 0.5) is 4.39 Å². The largest absolute Gasteiger partial charge is 0.370 e. The fraction of sp³-hybridized carbons (Fsp3) is 0.278. The first-order valence-corrected chi connectivity index (χ1v) is 7.62. The molecule has 0 aliphatic carbocycles. The minimum Gasteiger partial charge on any atom is -0.370 e. The second kappa shape index (κ2) is 5.54. The molecule has 4 rings (SSSR count). The number of benzene rings is 2. The predicted octanol–water partition coefficient (Wildman–Crippen LogP) is 4.08. The van der Waals surface area contributed by atoms with Crippen LogP contribution in [-0.4, -0.2) is 16.2 Å². The molecule has 1 aliphatic heterocycles. The molecule has 1 unspecified atom stereocenters. The number of fused-ring (bicyclic) bond motifs is 1. The average molecular weight is 296 g/mol. The molecule has 1 saturated heterocycles. The summed E-state index contributed by atoms with van der Waals surface area (Å²) in [5.41, 5.74) is 3.14. The van der Waals surface area contributed by atoms with Crippen molar-refractivity contribution >= 4 is 11.0 Å². The monoisotopic (exact) mass is 296 g/mol. The van der Waals surface area contributed by atoms with Crippen LogP contribution in [0.2, 0.25) is 0 Å². The number of imidazole rings is 1. The van der Waals surface area contributed by atoms with Gasteiger partial charge in [-0.05, 0) is 42.7 Å². The van der Waals surface area contributed by atoms with Crippen molar-refractivity contribution in [2.24, 2.45) is 0 Å². The summed E-state index contributed by atoms with van der Waals surface area (Å²) in [6.45, 7) is 1.47. The van der Waals surface area contributed by atoms with Gasteiger partial charge >= 0.3 is 0 Å². The average Bonchev–Trinajstić information content (AvgIpc) is 3.18. The molecule has 1 atom stereocenters. The molecule has 2 heterocycles. The first-order valence-electron chi connectivity index (χ1n) is 7.62. The van der Waals surface area contributed by atoms with Crippen molar-refractivity contribution < 1.29 is 9.13 Å². The zero-order chi connectivity index (χ0) is 14.9. The number of nitrogens with zero attached hydrogens (tertiary/aromatic N) is 2. The maximum atomic E-state index is 13.1. The van der Waals surface area contributed by atoms with Crippen molar-refractivity contribution in [3.63, 3.8) is 0 Å². The first-order chi connectivity index (χ1) is 10.8. The molecule has 0 N–H and O–H groups in total. The fourth-order valence-corrected chi connectivity index (χ4v) is 3.06. The van der Waals surface area contributed by atoms with E-state index in [0.717, 1.165) is 41.9 Å². The molecule has 0 radical (unpaired) electrons. The van der Waals surface area contributed by atoms with Crippen molar-refractivity contribution in [2.45, 2.75) is 25.5 Å². The van der Waals surface area contributed by atoms with Crippen molar-refractivity contribution in [1.82, 2.24) is 9.55 Å². The van der Waals surface area contributed by atoms with Gasteiger partial charge in [-0.15, -0.1) is 0 Å². The first kappa shape index (κ1) is 13.5. The van der Waals surface area contributed by atoms with E-state index in [-0.39, 0.29) is 11.9 Å². The summed E-state index contributed by atoms with van der Waals surface area (Å²) >= 11 is 0. The molecule has 4 heteroatoms. The Morgan fingerprint density at radius 2 is 1.95 bits per heavy atom. The Morgan fingerprint density at radius 1 is 1.14 bits per heavy atom. The van der Waals surface area contributed by atoms with Crippen LogP contribution < -0.4 is 0 Å². The van der Waals surface area contributed by atoms with Gasteiger partial charge in [0, 0.05) is 13.2 Å². The highest BCUT2D eigenvalue weighted by Crippen LogP contribution is 2.31. The van der Waals surface area contributed by atoms with E-state index < -0.39 is 0 Å². The highest BCUT2D eigenvalue weighted by Gasteiger charge is 2.24. The van der Waals surface area contributed by atoms with Gasteiger partial charge in [0.1, 0.15) is 17.7 Å².